The van der Waals surface area contributed by atoms with Gasteiger partial charge in [-0.15, -0.1) is 0 Å². The maximum atomic E-state index is 12.7. The quantitative estimate of drug-likeness (QED) is 0.602. The van der Waals surface area contributed by atoms with E-state index < -0.39 is 6.04 Å². The predicted molar refractivity (Wildman–Crippen MR) is 95.8 cm³/mol. The zero-order valence-electron chi connectivity index (χ0n) is 15.2. The van der Waals surface area contributed by atoms with Crippen LogP contribution < -0.4 is 10.1 Å². The largest absolute Gasteiger partial charge is 0.494 e. The van der Waals surface area contributed by atoms with Crippen molar-refractivity contribution in [3.05, 3.63) is 41.1 Å². The molecule has 1 aromatic carbocycles. The Kier molecular flexibility index (Phi) is 5.50. The zero-order chi connectivity index (χ0) is 18.5. The molecule has 0 bridgehead atoms. The molecule has 8 nitrogen and oxygen atoms in total. The van der Waals surface area contributed by atoms with E-state index in [9.17, 15) is 4.79 Å². The first-order valence-electron chi connectivity index (χ1n) is 8.81. The zero-order valence-corrected chi connectivity index (χ0v) is 15.2. The Morgan fingerprint density at radius 2 is 2.04 bits per heavy atom. The molecule has 0 aliphatic carbocycles. The summed E-state index contributed by atoms with van der Waals surface area (Å²) in [5.41, 5.74) is 2.07. The fourth-order valence-corrected chi connectivity index (χ4v) is 2.88. The van der Waals surface area contributed by atoms with Crippen molar-refractivity contribution in [2.24, 2.45) is 0 Å². The van der Waals surface area contributed by atoms with Crippen molar-refractivity contribution in [3.8, 4) is 5.75 Å². The molecule has 0 fully saturated rings. The molecule has 3 rings (SSSR count). The molecule has 1 aliphatic rings. The minimum absolute atomic E-state index is 0.358. The molecule has 1 atom stereocenters. The van der Waals surface area contributed by atoms with E-state index in [0.717, 1.165) is 24.2 Å². The van der Waals surface area contributed by atoms with Gasteiger partial charge in [0.05, 0.1) is 18.8 Å². The third kappa shape index (κ3) is 3.54. The molecule has 0 saturated heterocycles. The maximum absolute atomic E-state index is 12.7. The van der Waals surface area contributed by atoms with Crippen LogP contribution in [-0.2, 0) is 9.53 Å². The number of tetrazole rings is 1. The van der Waals surface area contributed by atoms with Crippen LogP contribution in [0, 0.1) is 0 Å². The van der Waals surface area contributed by atoms with Gasteiger partial charge < -0.3 is 14.8 Å². The van der Waals surface area contributed by atoms with Gasteiger partial charge in [-0.1, -0.05) is 30.6 Å². The summed E-state index contributed by atoms with van der Waals surface area (Å²) in [6, 6.07) is 7.13. The van der Waals surface area contributed by atoms with Crippen molar-refractivity contribution in [3.63, 3.8) is 0 Å². The molecule has 1 aliphatic heterocycles. The van der Waals surface area contributed by atoms with E-state index >= 15 is 0 Å². The number of esters is 1. The second-order valence-electron chi connectivity index (χ2n) is 6.00. The van der Waals surface area contributed by atoms with E-state index in [2.05, 4.69) is 27.8 Å². The Hall–Kier alpha value is -2.90. The number of carbonyl (C=O) groups excluding carboxylic acids is 1. The SMILES string of the molecule is CCCCOC(=O)C1=C(C)Nc2nnnn2[C@H]1c1ccc(OCC)cc1. The summed E-state index contributed by atoms with van der Waals surface area (Å²) < 4.78 is 12.6. The third-order valence-electron chi connectivity index (χ3n) is 4.17. The van der Waals surface area contributed by atoms with Crippen LogP contribution in [0.5, 0.6) is 5.75 Å². The molecule has 1 aromatic heterocycles. The standard InChI is InChI=1S/C18H23N5O3/c1-4-6-11-26-17(24)15-12(3)19-18-20-21-22-23(18)16(15)13-7-9-14(10-8-13)25-5-2/h7-10,16H,4-6,11H2,1-3H3,(H,19,20,22)/t16-/m0/s1. The molecule has 0 spiro atoms. The van der Waals surface area contributed by atoms with Gasteiger partial charge in [-0.2, -0.15) is 4.68 Å². The number of benzene rings is 1. The van der Waals surface area contributed by atoms with Gasteiger partial charge >= 0.3 is 5.97 Å². The predicted octanol–water partition coefficient (Wildman–Crippen LogP) is 2.70. The number of fused-ring (bicyclic) bond motifs is 1. The number of hydrogen-bond acceptors (Lipinski definition) is 7. The normalized spacial score (nSPS) is 16.0. The topological polar surface area (TPSA) is 91.2 Å². The lowest BCUT2D eigenvalue weighted by Gasteiger charge is -2.27. The molecular formula is C18H23N5O3. The van der Waals surface area contributed by atoms with Crippen LogP contribution in [0.3, 0.4) is 0 Å². The summed E-state index contributed by atoms with van der Waals surface area (Å²) in [6.45, 7) is 6.81. The van der Waals surface area contributed by atoms with Gasteiger partial charge in [0.25, 0.3) is 0 Å². The summed E-state index contributed by atoms with van der Waals surface area (Å²) in [5, 5.41) is 14.8. The van der Waals surface area contributed by atoms with Crippen LogP contribution >= 0.6 is 0 Å². The fraction of sp³-hybridized carbons (Fsp3) is 0.444. The smallest absolute Gasteiger partial charge is 0.338 e. The first-order valence-corrected chi connectivity index (χ1v) is 8.81. The van der Waals surface area contributed by atoms with E-state index in [-0.39, 0.29) is 5.97 Å². The molecule has 2 heterocycles. The Balaban J connectivity index is 1.96. The minimum Gasteiger partial charge on any atom is -0.494 e. The highest BCUT2D eigenvalue weighted by molar-refractivity contribution is 5.92. The highest BCUT2D eigenvalue weighted by atomic mass is 16.5. The van der Waals surface area contributed by atoms with Gasteiger partial charge in [-0.3, -0.25) is 0 Å². The Labute approximate surface area is 152 Å². The highest BCUT2D eigenvalue weighted by Crippen LogP contribution is 2.35. The van der Waals surface area contributed by atoms with Crippen LogP contribution in [0.25, 0.3) is 0 Å². The Bertz CT molecular complexity index is 797. The van der Waals surface area contributed by atoms with E-state index in [1.807, 2.05) is 38.1 Å². The number of ether oxygens (including phenoxy) is 2. The molecule has 26 heavy (non-hydrogen) atoms. The van der Waals surface area contributed by atoms with Gasteiger partial charge in [0.1, 0.15) is 11.8 Å². The molecule has 8 heteroatoms. The average Bonchev–Trinajstić information content (AvgIpc) is 3.09. The first-order chi connectivity index (χ1) is 12.7. The van der Waals surface area contributed by atoms with Crippen molar-refractivity contribution < 1.29 is 14.3 Å². The number of carbonyl (C=O) groups is 1. The summed E-state index contributed by atoms with van der Waals surface area (Å²) in [4.78, 5) is 12.7. The fourth-order valence-electron chi connectivity index (χ4n) is 2.88. The van der Waals surface area contributed by atoms with Crippen molar-refractivity contribution in [2.75, 3.05) is 18.5 Å². The highest BCUT2D eigenvalue weighted by Gasteiger charge is 2.34. The van der Waals surface area contributed by atoms with Crippen molar-refractivity contribution in [1.29, 1.82) is 0 Å². The average molecular weight is 357 g/mol. The number of rotatable bonds is 7. The van der Waals surface area contributed by atoms with E-state index in [1.54, 1.807) is 4.68 Å². The number of allylic oxidation sites excluding steroid dienone is 1. The lowest BCUT2D eigenvalue weighted by atomic mass is 9.96. The summed E-state index contributed by atoms with van der Waals surface area (Å²) in [6.07, 6.45) is 1.79. The van der Waals surface area contributed by atoms with Crippen molar-refractivity contribution >= 4 is 11.9 Å². The summed E-state index contributed by atoms with van der Waals surface area (Å²) in [5.74, 6) is 0.907. The Morgan fingerprint density at radius 1 is 1.27 bits per heavy atom. The van der Waals surface area contributed by atoms with Gasteiger partial charge in [0, 0.05) is 5.70 Å². The van der Waals surface area contributed by atoms with Crippen LogP contribution in [0.4, 0.5) is 5.95 Å². The number of anilines is 1. The van der Waals surface area contributed by atoms with Crippen LogP contribution in [-0.4, -0.2) is 39.4 Å². The van der Waals surface area contributed by atoms with E-state index in [0.29, 0.717) is 30.4 Å². The molecule has 0 radical (unpaired) electrons. The summed E-state index contributed by atoms with van der Waals surface area (Å²) in [7, 11) is 0. The van der Waals surface area contributed by atoms with E-state index in [1.165, 1.54) is 0 Å². The van der Waals surface area contributed by atoms with Crippen LogP contribution in [0.2, 0.25) is 0 Å². The molecular weight excluding hydrogens is 334 g/mol. The number of nitrogens with one attached hydrogen (secondary N) is 1. The second-order valence-corrected chi connectivity index (χ2v) is 6.00. The lowest BCUT2D eigenvalue weighted by molar-refractivity contribution is -0.139. The second kappa shape index (κ2) is 7.99. The number of unbranched alkanes of at least 4 members (excludes halogenated alkanes) is 1. The minimum atomic E-state index is -0.453. The molecule has 2 aromatic rings. The number of aromatic nitrogens is 4. The van der Waals surface area contributed by atoms with Gasteiger partial charge in [0.2, 0.25) is 5.95 Å². The third-order valence-corrected chi connectivity index (χ3v) is 4.17. The maximum Gasteiger partial charge on any atom is 0.338 e. The molecule has 0 unspecified atom stereocenters. The monoisotopic (exact) mass is 357 g/mol. The van der Waals surface area contributed by atoms with Gasteiger partial charge in [-0.25, -0.2) is 4.79 Å². The van der Waals surface area contributed by atoms with Crippen LogP contribution in [0.15, 0.2) is 35.5 Å². The molecule has 1 N–H and O–H groups in total. The Morgan fingerprint density at radius 3 is 2.73 bits per heavy atom. The van der Waals surface area contributed by atoms with E-state index in [4.69, 9.17) is 9.47 Å². The van der Waals surface area contributed by atoms with Crippen molar-refractivity contribution in [1.82, 2.24) is 20.2 Å². The van der Waals surface area contributed by atoms with Gasteiger partial charge in [-0.05, 0) is 48.4 Å². The summed E-state index contributed by atoms with van der Waals surface area (Å²) >= 11 is 0. The first kappa shape index (κ1) is 17.9. The molecule has 0 saturated carbocycles. The molecule has 0 amide bonds. The number of hydrogen-bond donors (Lipinski definition) is 1. The van der Waals surface area contributed by atoms with Crippen LogP contribution in [0.1, 0.15) is 45.2 Å². The lowest BCUT2D eigenvalue weighted by Crippen LogP contribution is -2.29. The number of nitrogens with zero attached hydrogens (tertiary/aromatic N) is 4. The van der Waals surface area contributed by atoms with Crippen molar-refractivity contribution in [2.45, 2.75) is 39.7 Å². The molecule has 138 valence electrons. The van der Waals surface area contributed by atoms with Gasteiger partial charge in [0.15, 0.2) is 0 Å².